The fourth-order valence-electron chi connectivity index (χ4n) is 5.75. The number of carbonyl (C=O) groups is 1. The summed E-state index contributed by atoms with van der Waals surface area (Å²) in [5.41, 5.74) is 4.04. The number of nitriles is 1. The van der Waals surface area contributed by atoms with Crippen LogP contribution in [0.3, 0.4) is 0 Å². The smallest absolute Gasteiger partial charge is 0.231 e. The lowest BCUT2D eigenvalue weighted by atomic mass is 9.62. The lowest BCUT2D eigenvalue weighted by molar-refractivity contribution is -0.129. The minimum Gasteiger partial charge on any atom is -0.369 e. The van der Waals surface area contributed by atoms with Crippen molar-refractivity contribution in [2.45, 2.75) is 38.5 Å². The van der Waals surface area contributed by atoms with Crippen LogP contribution in [0.15, 0.2) is 48.5 Å². The molecule has 2 aromatic carbocycles. The van der Waals surface area contributed by atoms with Gasteiger partial charge in [0.15, 0.2) is 0 Å². The minimum atomic E-state index is -0.579. The fraction of sp³-hybridized carbons (Fsp3) is 0.481. The summed E-state index contributed by atoms with van der Waals surface area (Å²) in [6.07, 6.45) is 2.78. The SMILES string of the molecule is CC1CC(C)CC(C(=O)NCC#N)(c2cccc(-c3ccc(N4CCNCC4)cc3)c2)C1. The molecule has 1 saturated carbocycles. The highest BCUT2D eigenvalue weighted by Crippen LogP contribution is 2.45. The third-order valence-electron chi connectivity index (χ3n) is 7.06. The Kier molecular flexibility index (Phi) is 6.81. The molecule has 2 unspecified atom stereocenters. The number of benzene rings is 2. The Morgan fingerprint density at radius 2 is 1.78 bits per heavy atom. The van der Waals surface area contributed by atoms with E-state index in [0.29, 0.717) is 11.8 Å². The molecule has 1 aliphatic carbocycles. The first-order valence-electron chi connectivity index (χ1n) is 11.8. The van der Waals surface area contributed by atoms with E-state index in [2.05, 4.69) is 84.0 Å². The number of nitrogens with one attached hydrogen (secondary N) is 2. The van der Waals surface area contributed by atoms with Gasteiger partial charge in [-0.1, -0.05) is 50.2 Å². The van der Waals surface area contributed by atoms with Crippen molar-refractivity contribution in [3.8, 4) is 17.2 Å². The van der Waals surface area contributed by atoms with Gasteiger partial charge in [0.25, 0.3) is 0 Å². The van der Waals surface area contributed by atoms with E-state index in [9.17, 15) is 4.79 Å². The molecule has 1 aliphatic heterocycles. The van der Waals surface area contributed by atoms with Gasteiger partial charge in [-0.25, -0.2) is 0 Å². The number of amides is 1. The number of anilines is 1. The first-order valence-corrected chi connectivity index (χ1v) is 11.8. The van der Waals surface area contributed by atoms with Gasteiger partial charge in [-0.3, -0.25) is 4.79 Å². The molecule has 4 rings (SSSR count). The predicted octanol–water partition coefficient (Wildman–Crippen LogP) is 4.10. The number of rotatable bonds is 5. The molecule has 5 heteroatoms. The van der Waals surface area contributed by atoms with Crippen molar-refractivity contribution in [1.82, 2.24) is 10.6 Å². The Hall–Kier alpha value is -2.84. The van der Waals surface area contributed by atoms with Gasteiger partial charge in [0, 0.05) is 31.9 Å². The van der Waals surface area contributed by atoms with E-state index in [0.717, 1.165) is 62.1 Å². The van der Waals surface area contributed by atoms with Crippen LogP contribution in [-0.2, 0) is 10.2 Å². The van der Waals surface area contributed by atoms with E-state index in [4.69, 9.17) is 5.26 Å². The van der Waals surface area contributed by atoms with E-state index in [1.165, 1.54) is 5.69 Å². The van der Waals surface area contributed by atoms with Crippen molar-refractivity contribution in [3.05, 3.63) is 54.1 Å². The van der Waals surface area contributed by atoms with Crippen LogP contribution in [0.4, 0.5) is 5.69 Å². The third-order valence-corrected chi connectivity index (χ3v) is 7.06. The summed E-state index contributed by atoms with van der Waals surface area (Å²) in [5, 5.41) is 15.3. The van der Waals surface area contributed by atoms with Gasteiger partial charge < -0.3 is 15.5 Å². The topological polar surface area (TPSA) is 68.2 Å². The first kappa shape index (κ1) is 22.4. The summed E-state index contributed by atoms with van der Waals surface area (Å²) in [7, 11) is 0. The molecule has 168 valence electrons. The standard InChI is InChI=1S/C27H34N4O/c1-20-16-21(2)19-27(18-20,26(32)30-11-10-28)24-5-3-4-23(17-24)22-6-8-25(9-7-22)31-14-12-29-13-15-31/h3-9,17,20-21,29H,11-16,18-19H2,1-2H3,(H,30,32). The zero-order chi connectivity index (χ0) is 22.6. The van der Waals surface area contributed by atoms with Crippen molar-refractivity contribution < 1.29 is 4.79 Å². The van der Waals surface area contributed by atoms with E-state index in [1.54, 1.807) is 0 Å². The molecular formula is C27H34N4O. The molecule has 0 bridgehead atoms. The summed E-state index contributed by atoms with van der Waals surface area (Å²) >= 11 is 0. The Morgan fingerprint density at radius 3 is 2.44 bits per heavy atom. The molecule has 0 aromatic heterocycles. The Morgan fingerprint density at radius 1 is 1.09 bits per heavy atom. The highest BCUT2D eigenvalue weighted by molar-refractivity contribution is 5.89. The Balaban J connectivity index is 1.65. The molecule has 0 radical (unpaired) electrons. The monoisotopic (exact) mass is 430 g/mol. The Bertz CT molecular complexity index is 962. The maximum Gasteiger partial charge on any atom is 0.231 e. The summed E-state index contributed by atoms with van der Waals surface area (Å²) in [4.78, 5) is 15.8. The number of piperazine rings is 1. The zero-order valence-corrected chi connectivity index (χ0v) is 19.2. The van der Waals surface area contributed by atoms with Crippen LogP contribution in [0.5, 0.6) is 0 Å². The number of hydrogen-bond acceptors (Lipinski definition) is 4. The molecule has 2 atom stereocenters. The second-order valence-corrected chi connectivity index (χ2v) is 9.64. The van der Waals surface area contributed by atoms with Gasteiger partial charge in [-0.05, 0) is 59.9 Å². The quantitative estimate of drug-likeness (QED) is 0.701. The van der Waals surface area contributed by atoms with Crippen molar-refractivity contribution in [2.24, 2.45) is 11.8 Å². The minimum absolute atomic E-state index is 0.0105. The fourth-order valence-corrected chi connectivity index (χ4v) is 5.75. The number of hydrogen-bond donors (Lipinski definition) is 2. The molecule has 32 heavy (non-hydrogen) atoms. The number of carbonyl (C=O) groups excluding carboxylic acids is 1. The Labute approximate surface area is 191 Å². The van der Waals surface area contributed by atoms with Crippen LogP contribution in [-0.4, -0.2) is 38.6 Å². The molecule has 1 heterocycles. The van der Waals surface area contributed by atoms with Crippen LogP contribution in [0.25, 0.3) is 11.1 Å². The second kappa shape index (κ2) is 9.75. The molecule has 1 saturated heterocycles. The zero-order valence-electron chi connectivity index (χ0n) is 19.2. The first-order chi connectivity index (χ1) is 15.5. The second-order valence-electron chi connectivity index (χ2n) is 9.64. The van der Waals surface area contributed by atoms with E-state index < -0.39 is 5.41 Å². The molecule has 2 aromatic rings. The van der Waals surface area contributed by atoms with Gasteiger partial charge >= 0.3 is 0 Å². The average Bonchev–Trinajstić information content (AvgIpc) is 2.82. The number of nitrogens with zero attached hydrogens (tertiary/aromatic N) is 2. The van der Waals surface area contributed by atoms with Crippen LogP contribution >= 0.6 is 0 Å². The summed E-state index contributed by atoms with van der Waals surface area (Å²) < 4.78 is 0. The summed E-state index contributed by atoms with van der Waals surface area (Å²) in [6, 6.07) is 19.3. The normalized spacial score (nSPS) is 25.7. The van der Waals surface area contributed by atoms with Crippen molar-refractivity contribution in [3.63, 3.8) is 0 Å². The van der Waals surface area contributed by atoms with Crippen LogP contribution in [0.1, 0.15) is 38.7 Å². The van der Waals surface area contributed by atoms with E-state index in [-0.39, 0.29) is 12.5 Å². The molecule has 0 spiro atoms. The van der Waals surface area contributed by atoms with Gasteiger partial charge in [0.2, 0.25) is 5.91 Å². The molecule has 2 fully saturated rings. The van der Waals surface area contributed by atoms with E-state index >= 15 is 0 Å². The van der Waals surface area contributed by atoms with Gasteiger partial charge in [0.05, 0.1) is 11.5 Å². The molecule has 2 aliphatic rings. The molecule has 1 amide bonds. The van der Waals surface area contributed by atoms with Crippen LogP contribution in [0, 0.1) is 23.2 Å². The predicted molar refractivity (Wildman–Crippen MR) is 129 cm³/mol. The van der Waals surface area contributed by atoms with Crippen LogP contribution in [0.2, 0.25) is 0 Å². The average molecular weight is 431 g/mol. The summed E-state index contributed by atoms with van der Waals surface area (Å²) in [6.45, 7) is 8.64. The van der Waals surface area contributed by atoms with E-state index in [1.807, 2.05) is 0 Å². The molecular weight excluding hydrogens is 396 g/mol. The van der Waals surface area contributed by atoms with Crippen molar-refractivity contribution in [1.29, 1.82) is 5.26 Å². The van der Waals surface area contributed by atoms with Crippen molar-refractivity contribution >= 4 is 11.6 Å². The van der Waals surface area contributed by atoms with Crippen LogP contribution < -0.4 is 15.5 Å². The summed E-state index contributed by atoms with van der Waals surface area (Å²) in [5.74, 6) is 0.922. The highest BCUT2D eigenvalue weighted by Gasteiger charge is 2.45. The lowest BCUT2D eigenvalue weighted by Crippen LogP contribution is -2.49. The molecule has 2 N–H and O–H groups in total. The maximum atomic E-state index is 13.4. The third kappa shape index (κ3) is 4.66. The molecule has 5 nitrogen and oxygen atoms in total. The highest BCUT2D eigenvalue weighted by atomic mass is 16.2. The van der Waals surface area contributed by atoms with Crippen molar-refractivity contribution in [2.75, 3.05) is 37.6 Å². The lowest BCUT2D eigenvalue weighted by Gasteiger charge is -2.42. The van der Waals surface area contributed by atoms with Gasteiger partial charge in [-0.15, -0.1) is 0 Å². The van der Waals surface area contributed by atoms with Gasteiger partial charge in [0.1, 0.15) is 6.54 Å². The van der Waals surface area contributed by atoms with Gasteiger partial charge in [-0.2, -0.15) is 5.26 Å². The largest absolute Gasteiger partial charge is 0.369 e. The maximum absolute atomic E-state index is 13.4.